The summed E-state index contributed by atoms with van der Waals surface area (Å²) in [5, 5.41) is 0. The summed E-state index contributed by atoms with van der Waals surface area (Å²) >= 11 is 0. The van der Waals surface area contributed by atoms with Crippen molar-refractivity contribution < 1.29 is 8.85 Å². The molecule has 0 fully saturated rings. The first-order chi connectivity index (χ1) is 8.02. The molecular weight excluding hydrogens is 228 g/mol. The van der Waals surface area contributed by atoms with Crippen LogP contribution in [0.4, 0.5) is 0 Å². The molecule has 1 unspecified atom stereocenters. The zero-order valence-corrected chi connectivity index (χ0v) is 13.6. The largest absolute Gasteiger partial charge is 0.395 e. The first kappa shape index (κ1) is 17.1. The third-order valence-corrected chi connectivity index (χ3v) is 4.90. The highest BCUT2D eigenvalue weighted by Gasteiger charge is 2.26. The van der Waals surface area contributed by atoms with Crippen LogP contribution < -0.4 is 0 Å². The van der Waals surface area contributed by atoms with Gasteiger partial charge in [0.05, 0.1) is 0 Å². The van der Waals surface area contributed by atoms with Crippen molar-refractivity contribution >= 4 is 8.56 Å². The molecule has 0 aliphatic carbocycles. The van der Waals surface area contributed by atoms with E-state index in [1.54, 1.807) is 0 Å². The molecule has 0 aromatic carbocycles. The van der Waals surface area contributed by atoms with Crippen LogP contribution in [0.1, 0.15) is 65.7 Å². The lowest BCUT2D eigenvalue weighted by Crippen LogP contribution is -2.38. The maximum absolute atomic E-state index is 6.02. The molecule has 0 aromatic heterocycles. The highest BCUT2D eigenvalue weighted by Crippen LogP contribution is 2.15. The van der Waals surface area contributed by atoms with Crippen molar-refractivity contribution in [2.24, 2.45) is 0 Å². The molecule has 17 heavy (non-hydrogen) atoms. The Balaban J connectivity index is 3.48. The molecule has 0 heterocycles. The van der Waals surface area contributed by atoms with Crippen LogP contribution in [-0.2, 0) is 8.85 Å². The van der Waals surface area contributed by atoms with Crippen molar-refractivity contribution in [3.8, 4) is 0 Å². The molecule has 0 spiro atoms. The lowest BCUT2D eigenvalue weighted by molar-refractivity contribution is 0.128. The molecule has 0 N–H and O–H groups in total. The van der Waals surface area contributed by atoms with Gasteiger partial charge in [-0.25, -0.2) is 0 Å². The molecule has 104 valence electrons. The molecule has 0 saturated heterocycles. The highest BCUT2D eigenvalue weighted by atomic mass is 28.4. The summed E-state index contributed by atoms with van der Waals surface area (Å²) in [5.74, 6) is 0. The standard InChI is InChI=1S/C14H32O2Si/c1-6-8-9-10-11-12-13-14(3)16-17(4,5)15-7-2/h14H,6-13H2,1-5H3. The van der Waals surface area contributed by atoms with Gasteiger partial charge in [0.1, 0.15) is 0 Å². The van der Waals surface area contributed by atoms with E-state index < -0.39 is 8.56 Å². The molecule has 0 aromatic rings. The Morgan fingerprint density at radius 1 is 0.941 bits per heavy atom. The van der Waals surface area contributed by atoms with E-state index in [9.17, 15) is 0 Å². The van der Waals surface area contributed by atoms with Crippen molar-refractivity contribution in [1.82, 2.24) is 0 Å². The van der Waals surface area contributed by atoms with E-state index in [-0.39, 0.29) is 0 Å². The van der Waals surface area contributed by atoms with Gasteiger partial charge in [-0.3, -0.25) is 0 Å². The van der Waals surface area contributed by atoms with Crippen molar-refractivity contribution in [3.05, 3.63) is 0 Å². The lowest BCUT2D eigenvalue weighted by atomic mass is 10.1. The molecule has 1 atom stereocenters. The fourth-order valence-electron chi connectivity index (χ4n) is 2.14. The SMILES string of the molecule is CCCCCCCCC(C)O[Si](C)(C)OCC. The van der Waals surface area contributed by atoms with Crippen LogP contribution >= 0.6 is 0 Å². The van der Waals surface area contributed by atoms with Gasteiger partial charge >= 0.3 is 8.56 Å². The molecule has 0 aliphatic heterocycles. The van der Waals surface area contributed by atoms with Gasteiger partial charge in [-0.15, -0.1) is 0 Å². The second kappa shape index (κ2) is 10.1. The maximum atomic E-state index is 6.02. The Kier molecular flexibility index (Phi) is 10.2. The van der Waals surface area contributed by atoms with Crippen LogP contribution in [0.2, 0.25) is 13.1 Å². The predicted molar refractivity (Wildman–Crippen MR) is 77.6 cm³/mol. The van der Waals surface area contributed by atoms with E-state index in [2.05, 4.69) is 26.9 Å². The smallest absolute Gasteiger partial charge is 0.331 e. The summed E-state index contributed by atoms with van der Waals surface area (Å²) in [6.45, 7) is 11.5. The fraction of sp³-hybridized carbons (Fsp3) is 1.00. The highest BCUT2D eigenvalue weighted by molar-refractivity contribution is 6.64. The van der Waals surface area contributed by atoms with E-state index in [1.807, 2.05) is 6.92 Å². The third kappa shape index (κ3) is 11.0. The van der Waals surface area contributed by atoms with Gasteiger partial charge in [0.25, 0.3) is 0 Å². The summed E-state index contributed by atoms with van der Waals surface area (Å²) in [4.78, 5) is 0. The zero-order valence-electron chi connectivity index (χ0n) is 12.6. The van der Waals surface area contributed by atoms with Gasteiger partial charge in [0, 0.05) is 12.7 Å². The summed E-state index contributed by atoms with van der Waals surface area (Å²) in [6, 6.07) is 0. The number of hydrogen-bond donors (Lipinski definition) is 0. The molecule has 0 aliphatic rings. The van der Waals surface area contributed by atoms with Gasteiger partial charge in [-0.2, -0.15) is 0 Å². The van der Waals surface area contributed by atoms with E-state index in [1.165, 1.54) is 44.9 Å². The summed E-state index contributed by atoms with van der Waals surface area (Å²) in [7, 11) is -1.85. The van der Waals surface area contributed by atoms with E-state index >= 15 is 0 Å². The minimum Gasteiger partial charge on any atom is -0.395 e. The lowest BCUT2D eigenvalue weighted by Gasteiger charge is -2.26. The predicted octanol–water partition coefficient (Wildman–Crippen LogP) is 4.88. The number of rotatable bonds is 11. The van der Waals surface area contributed by atoms with Gasteiger partial charge in [0.2, 0.25) is 0 Å². The van der Waals surface area contributed by atoms with Gasteiger partial charge in [-0.1, -0.05) is 45.4 Å². The second-order valence-corrected chi connectivity index (χ2v) is 8.64. The van der Waals surface area contributed by atoms with E-state index in [0.29, 0.717) is 6.10 Å². The summed E-state index contributed by atoms with van der Waals surface area (Å²) in [5.41, 5.74) is 0. The van der Waals surface area contributed by atoms with Crippen LogP contribution in [0.15, 0.2) is 0 Å². The second-order valence-electron chi connectivity index (χ2n) is 5.32. The Labute approximate surface area is 109 Å². The van der Waals surface area contributed by atoms with Crippen LogP contribution in [0.25, 0.3) is 0 Å². The first-order valence-electron chi connectivity index (χ1n) is 7.33. The molecule has 0 radical (unpaired) electrons. The normalized spacial score (nSPS) is 13.9. The van der Waals surface area contributed by atoms with Gasteiger partial charge < -0.3 is 8.85 Å². The number of hydrogen-bond acceptors (Lipinski definition) is 2. The van der Waals surface area contributed by atoms with Crippen molar-refractivity contribution in [3.63, 3.8) is 0 Å². The van der Waals surface area contributed by atoms with Crippen LogP contribution in [0, 0.1) is 0 Å². The quantitative estimate of drug-likeness (QED) is 0.389. The minimum absolute atomic E-state index is 0.356. The van der Waals surface area contributed by atoms with Crippen molar-refractivity contribution in [1.29, 1.82) is 0 Å². The van der Waals surface area contributed by atoms with Crippen molar-refractivity contribution in [2.75, 3.05) is 6.61 Å². The topological polar surface area (TPSA) is 18.5 Å². The van der Waals surface area contributed by atoms with Gasteiger partial charge in [0.15, 0.2) is 0 Å². The Bertz CT molecular complexity index is 172. The minimum atomic E-state index is -1.85. The monoisotopic (exact) mass is 260 g/mol. The van der Waals surface area contributed by atoms with E-state index in [4.69, 9.17) is 8.85 Å². The molecule has 2 nitrogen and oxygen atoms in total. The zero-order chi connectivity index (χ0) is 13.1. The Hall–Kier alpha value is 0.137. The summed E-state index contributed by atoms with van der Waals surface area (Å²) in [6.07, 6.45) is 9.66. The van der Waals surface area contributed by atoms with Crippen LogP contribution in [0.3, 0.4) is 0 Å². The average Bonchev–Trinajstić information content (AvgIpc) is 2.22. The average molecular weight is 260 g/mol. The maximum Gasteiger partial charge on any atom is 0.331 e. The molecular formula is C14H32O2Si. The van der Waals surface area contributed by atoms with Crippen molar-refractivity contribution in [2.45, 2.75) is 84.9 Å². The number of unbranched alkanes of at least 4 members (excludes halogenated alkanes) is 5. The summed E-state index contributed by atoms with van der Waals surface area (Å²) < 4.78 is 11.7. The van der Waals surface area contributed by atoms with E-state index in [0.717, 1.165) is 6.61 Å². The third-order valence-electron chi connectivity index (χ3n) is 2.94. The fourth-order valence-corrected chi connectivity index (χ4v) is 3.99. The van der Waals surface area contributed by atoms with Crippen LogP contribution in [-0.4, -0.2) is 21.3 Å². The van der Waals surface area contributed by atoms with Crippen LogP contribution in [0.5, 0.6) is 0 Å². The molecule has 0 rings (SSSR count). The molecule has 3 heteroatoms. The molecule has 0 bridgehead atoms. The molecule has 0 amide bonds. The van der Waals surface area contributed by atoms with Gasteiger partial charge in [-0.05, 0) is 33.4 Å². The molecule has 0 saturated carbocycles. The Morgan fingerprint density at radius 2 is 1.53 bits per heavy atom. The Morgan fingerprint density at radius 3 is 2.12 bits per heavy atom. The first-order valence-corrected chi connectivity index (χ1v) is 10.1.